The molecule has 5 amide bonds. The molecule has 2 rings (SSSR count). The molecular weight excluding hydrogens is 680 g/mol. The Hall–Kier alpha value is -3.26. The number of ether oxygens (including phenoxy) is 1. The van der Waals surface area contributed by atoms with Gasteiger partial charge in [-0.05, 0) is 62.9 Å². The molecule has 0 aliphatic carbocycles. The number of amides is 5. The van der Waals surface area contributed by atoms with Crippen LogP contribution in [0.25, 0.3) is 0 Å². The van der Waals surface area contributed by atoms with Crippen molar-refractivity contribution in [2.75, 3.05) is 33.3 Å². The Morgan fingerprint density at radius 3 is 2.02 bits per heavy atom. The fourth-order valence-corrected chi connectivity index (χ4v) is 7.13. The molecule has 14 nitrogen and oxygen atoms in total. The minimum atomic E-state index is -1.41. The molecule has 0 spiro atoms. The lowest BCUT2D eigenvalue weighted by molar-refractivity contribution is -0.157. The molecule has 2 heterocycles. The van der Waals surface area contributed by atoms with Crippen LogP contribution in [0.3, 0.4) is 0 Å². The first-order chi connectivity index (χ1) is 25.2. The van der Waals surface area contributed by atoms with E-state index >= 15 is 0 Å². The van der Waals surface area contributed by atoms with Crippen LogP contribution < -0.4 is 26.6 Å². The Bertz CT molecular complexity index is 1180. The van der Waals surface area contributed by atoms with E-state index in [9.17, 15) is 33.9 Å². The first-order valence-corrected chi connectivity index (χ1v) is 20.2. The maximum absolute atomic E-state index is 14.1. The van der Waals surface area contributed by atoms with E-state index in [0.717, 1.165) is 25.7 Å². The number of carbonyl (C=O) groups excluding carboxylic acids is 6. The van der Waals surface area contributed by atoms with E-state index in [1.54, 1.807) is 20.9 Å². The third-order valence-corrected chi connectivity index (χ3v) is 10.8. The number of nitrogens with zero attached hydrogens (tertiary/aromatic N) is 1. The van der Waals surface area contributed by atoms with Crippen LogP contribution in [-0.4, -0.2) is 109 Å². The zero-order valence-corrected chi connectivity index (χ0v) is 33.5. The van der Waals surface area contributed by atoms with Crippen LogP contribution in [0.15, 0.2) is 0 Å². The molecule has 304 valence electrons. The van der Waals surface area contributed by atoms with Crippen molar-refractivity contribution in [2.24, 2.45) is 23.7 Å². The third-order valence-electron chi connectivity index (χ3n) is 10.8. The first kappa shape index (κ1) is 45.9. The van der Waals surface area contributed by atoms with Gasteiger partial charge in [-0.1, -0.05) is 92.9 Å². The number of hydrogen-bond donors (Lipinski definition) is 6. The number of rotatable bonds is 15. The van der Waals surface area contributed by atoms with Crippen LogP contribution in [0.4, 0.5) is 0 Å². The lowest BCUT2D eigenvalue weighted by atomic mass is 9.89. The molecule has 1 unspecified atom stereocenters. The van der Waals surface area contributed by atoms with Crippen LogP contribution >= 0.6 is 0 Å². The van der Waals surface area contributed by atoms with E-state index in [2.05, 4.69) is 33.5 Å². The Kier molecular flexibility index (Phi) is 21.0. The number of likely N-dealkylation sites (N-methyl/N-ethyl adjacent to an activating group) is 1. The van der Waals surface area contributed by atoms with Crippen molar-refractivity contribution in [3.8, 4) is 0 Å². The summed E-state index contributed by atoms with van der Waals surface area (Å²) in [5, 5.41) is 24.2. The highest BCUT2D eigenvalue weighted by Crippen LogP contribution is 2.23. The molecule has 2 fully saturated rings. The summed E-state index contributed by atoms with van der Waals surface area (Å²) in [5.74, 6) is -5.06. The second kappa shape index (κ2) is 24.2. The summed E-state index contributed by atoms with van der Waals surface area (Å²) in [4.78, 5) is 83.7. The second-order valence-electron chi connectivity index (χ2n) is 15.6. The Balaban J connectivity index is 2.48. The van der Waals surface area contributed by atoms with Crippen LogP contribution in [0.1, 0.15) is 125 Å². The fourth-order valence-electron chi connectivity index (χ4n) is 7.13. The summed E-state index contributed by atoms with van der Waals surface area (Å²) >= 11 is 0. The van der Waals surface area contributed by atoms with E-state index < -0.39 is 78.9 Å². The van der Waals surface area contributed by atoms with Gasteiger partial charge in [0, 0.05) is 7.05 Å². The second-order valence-corrected chi connectivity index (χ2v) is 15.6. The highest BCUT2D eigenvalue weighted by atomic mass is 16.5. The molecule has 2 aliphatic rings. The zero-order chi connectivity index (χ0) is 39.5. The quantitative estimate of drug-likeness (QED) is 0.108. The summed E-state index contributed by atoms with van der Waals surface area (Å²) in [6, 6.07) is -4.47. The van der Waals surface area contributed by atoms with Crippen LogP contribution in [0.2, 0.25) is 0 Å². The zero-order valence-electron chi connectivity index (χ0n) is 33.5. The summed E-state index contributed by atoms with van der Waals surface area (Å²) in [7, 11) is 1.55. The molecule has 0 aromatic rings. The number of esters is 1. The van der Waals surface area contributed by atoms with Gasteiger partial charge in [-0.3, -0.25) is 28.8 Å². The van der Waals surface area contributed by atoms with E-state index in [4.69, 9.17) is 4.74 Å². The lowest BCUT2D eigenvalue weighted by Crippen LogP contribution is -2.61. The van der Waals surface area contributed by atoms with Gasteiger partial charge in [-0.15, -0.1) is 0 Å². The minimum absolute atomic E-state index is 0.0127. The third kappa shape index (κ3) is 15.2. The molecule has 0 radical (unpaired) electrons. The van der Waals surface area contributed by atoms with Gasteiger partial charge in [0.1, 0.15) is 36.8 Å². The Labute approximate surface area is 317 Å². The number of unbranched alkanes of at least 4 members (excludes halogenated alkanes) is 7. The van der Waals surface area contributed by atoms with Crippen molar-refractivity contribution < 1.29 is 38.6 Å². The molecule has 7 atom stereocenters. The molecule has 14 heteroatoms. The average molecular weight is 751 g/mol. The fraction of sp³-hybridized carbons (Fsp3) is 0.846. The van der Waals surface area contributed by atoms with Gasteiger partial charge in [0.15, 0.2) is 0 Å². The van der Waals surface area contributed by atoms with E-state index in [1.165, 1.54) is 30.6 Å². The number of hydrogen-bond acceptors (Lipinski definition) is 9. The van der Waals surface area contributed by atoms with Crippen LogP contribution in [0.5, 0.6) is 0 Å². The van der Waals surface area contributed by atoms with Crippen LogP contribution in [0, 0.1) is 23.7 Å². The number of cyclic esters (lactones) is 1. The van der Waals surface area contributed by atoms with E-state index in [0.29, 0.717) is 45.2 Å². The maximum atomic E-state index is 14.1. The average Bonchev–Trinajstić information content (AvgIpc) is 3.15. The molecule has 0 saturated carbocycles. The van der Waals surface area contributed by atoms with Gasteiger partial charge in [0.2, 0.25) is 29.5 Å². The summed E-state index contributed by atoms with van der Waals surface area (Å²) in [5.41, 5.74) is 0. The number of carbonyl (C=O) groups is 6. The molecule has 2 aliphatic heterocycles. The van der Waals surface area contributed by atoms with Crippen molar-refractivity contribution in [3.05, 3.63) is 0 Å². The number of piperidine rings is 1. The number of aliphatic hydroxyl groups is 1. The predicted molar refractivity (Wildman–Crippen MR) is 203 cm³/mol. The van der Waals surface area contributed by atoms with E-state index in [1.807, 2.05) is 20.8 Å². The highest BCUT2D eigenvalue weighted by molar-refractivity contribution is 5.96. The number of aliphatic hydroxyl groups excluding tert-OH is 1. The number of nitrogens with one attached hydrogen (secondary N) is 5. The van der Waals surface area contributed by atoms with Gasteiger partial charge < -0.3 is 41.3 Å². The van der Waals surface area contributed by atoms with Gasteiger partial charge in [-0.25, -0.2) is 0 Å². The summed E-state index contributed by atoms with van der Waals surface area (Å²) < 4.78 is 5.92. The van der Waals surface area contributed by atoms with Gasteiger partial charge in [0.25, 0.3) is 0 Å². The largest absolute Gasteiger partial charge is 0.460 e. The maximum Gasteiger partial charge on any atom is 0.325 e. The van der Waals surface area contributed by atoms with Crippen molar-refractivity contribution >= 4 is 35.5 Å². The molecule has 6 N–H and O–H groups in total. The summed E-state index contributed by atoms with van der Waals surface area (Å²) in [6.45, 7) is 11.4. The molecular formula is C39H70N6O8. The van der Waals surface area contributed by atoms with Crippen molar-refractivity contribution in [1.29, 1.82) is 0 Å². The standard InChI is InChI=1S/C39H70N6O8/c1-8-10-11-12-13-14-15-16-17-31-27(6)39(52)45(7)30(22-25(3)4)36(49)43-33(26(5)9-2)38(51)42-29(24-46)35(48)44-34(28-18-20-40-21-19-28)37(50)41-23-32(47)53-31/h25-31,33-34,40,46H,8-24H2,1-7H3,(H,41,50)(H,42,51)(H,43,49)(H,44,48)/t26?,27-,29+,30+,31-,33+,34+/m1/s1. The van der Waals surface area contributed by atoms with Gasteiger partial charge in [-0.2, -0.15) is 0 Å². The Morgan fingerprint density at radius 1 is 0.811 bits per heavy atom. The normalized spacial score (nSPS) is 27.2. The molecule has 0 aromatic carbocycles. The van der Waals surface area contributed by atoms with Crippen LogP contribution in [-0.2, 0) is 33.5 Å². The first-order valence-electron chi connectivity index (χ1n) is 20.2. The Morgan fingerprint density at radius 2 is 1.43 bits per heavy atom. The van der Waals surface area contributed by atoms with Crippen molar-refractivity contribution in [2.45, 2.75) is 155 Å². The van der Waals surface area contributed by atoms with E-state index in [-0.39, 0.29) is 23.7 Å². The topological polar surface area (TPSA) is 195 Å². The predicted octanol–water partition coefficient (Wildman–Crippen LogP) is 2.56. The van der Waals surface area contributed by atoms with Crippen molar-refractivity contribution in [1.82, 2.24) is 31.5 Å². The van der Waals surface area contributed by atoms with Gasteiger partial charge >= 0.3 is 5.97 Å². The smallest absolute Gasteiger partial charge is 0.325 e. The van der Waals surface area contributed by atoms with Gasteiger partial charge in [0.05, 0.1) is 12.5 Å². The van der Waals surface area contributed by atoms with Crippen molar-refractivity contribution in [3.63, 3.8) is 0 Å². The lowest BCUT2D eigenvalue weighted by Gasteiger charge is -2.34. The summed E-state index contributed by atoms with van der Waals surface area (Å²) in [6.07, 6.45) is 10.2. The molecule has 0 bridgehead atoms. The molecule has 0 aromatic heterocycles. The monoisotopic (exact) mass is 751 g/mol. The molecule has 2 saturated heterocycles. The molecule has 53 heavy (non-hydrogen) atoms. The highest BCUT2D eigenvalue weighted by Gasteiger charge is 2.39. The SMILES string of the molecule is CCCCCCCCCC[C@H]1OC(=O)CNC(=O)[C@H](C2CCNCC2)NC(=O)[C@H](CO)NC(=O)[C@H](C(C)CC)NC(=O)[C@H](CC(C)C)N(C)C(=O)[C@@H]1C. The minimum Gasteiger partial charge on any atom is -0.460 e.